The van der Waals surface area contributed by atoms with E-state index in [-0.39, 0.29) is 6.61 Å². The summed E-state index contributed by atoms with van der Waals surface area (Å²) >= 11 is 0. The molecule has 0 saturated heterocycles. The third kappa shape index (κ3) is 6.02. The van der Waals surface area contributed by atoms with Gasteiger partial charge in [-0.2, -0.15) is 4.90 Å². The standard InChI is InChI=1S/C16H21FN2O6/c1-5-6-9-24-14(20)18(15(21)25-16(2,3)4)13-10-11(17)7-8-12(13)19(22)23/h7-8,10H,5-6,9H2,1-4H3. The molecule has 0 N–H and O–H groups in total. The average molecular weight is 356 g/mol. The van der Waals surface area contributed by atoms with Gasteiger partial charge in [0, 0.05) is 12.1 Å². The summed E-state index contributed by atoms with van der Waals surface area (Å²) < 4.78 is 23.6. The van der Waals surface area contributed by atoms with E-state index in [4.69, 9.17) is 9.47 Å². The third-order valence-electron chi connectivity index (χ3n) is 2.86. The summed E-state index contributed by atoms with van der Waals surface area (Å²) in [4.78, 5) is 35.4. The molecule has 0 spiro atoms. The second-order valence-corrected chi connectivity index (χ2v) is 6.17. The van der Waals surface area contributed by atoms with Crippen LogP contribution in [0.1, 0.15) is 40.5 Å². The highest BCUT2D eigenvalue weighted by atomic mass is 19.1. The number of hydrogen-bond acceptors (Lipinski definition) is 6. The van der Waals surface area contributed by atoms with Gasteiger partial charge in [0.05, 0.1) is 11.5 Å². The molecular formula is C16H21FN2O6. The average Bonchev–Trinajstić information content (AvgIpc) is 2.45. The number of nitro groups is 1. The molecule has 0 heterocycles. The fraction of sp³-hybridized carbons (Fsp3) is 0.500. The van der Waals surface area contributed by atoms with E-state index < -0.39 is 39.9 Å². The number of hydrogen-bond donors (Lipinski definition) is 0. The smallest absolute Gasteiger partial charge is 0.424 e. The van der Waals surface area contributed by atoms with Crippen LogP contribution in [0.15, 0.2) is 18.2 Å². The number of imide groups is 1. The van der Waals surface area contributed by atoms with Crippen molar-refractivity contribution >= 4 is 23.6 Å². The normalized spacial score (nSPS) is 10.9. The van der Waals surface area contributed by atoms with Crippen LogP contribution in [0, 0.1) is 15.9 Å². The van der Waals surface area contributed by atoms with E-state index in [0.717, 1.165) is 18.6 Å². The Hall–Kier alpha value is -2.71. The molecule has 8 nitrogen and oxygen atoms in total. The zero-order valence-electron chi connectivity index (χ0n) is 14.6. The van der Waals surface area contributed by atoms with Crippen LogP contribution in [-0.2, 0) is 9.47 Å². The van der Waals surface area contributed by atoms with Gasteiger partial charge in [0.1, 0.15) is 17.1 Å². The molecule has 1 rings (SSSR count). The fourth-order valence-electron chi connectivity index (χ4n) is 1.78. The molecule has 0 aromatic heterocycles. The monoisotopic (exact) mass is 356 g/mol. The molecule has 2 amide bonds. The molecule has 0 atom stereocenters. The fourth-order valence-corrected chi connectivity index (χ4v) is 1.78. The SMILES string of the molecule is CCCCOC(=O)N(C(=O)OC(C)(C)C)c1cc(F)ccc1[N+](=O)[O-]. The van der Waals surface area contributed by atoms with Gasteiger partial charge >= 0.3 is 12.2 Å². The molecule has 25 heavy (non-hydrogen) atoms. The molecule has 0 radical (unpaired) electrons. The van der Waals surface area contributed by atoms with Crippen molar-refractivity contribution in [3.8, 4) is 0 Å². The van der Waals surface area contributed by atoms with E-state index in [0.29, 0.717) is 17.4 Å². The summed E-state index contributed by atoms with van der Waals surface area (Å²) in [7, 11) is 0. The molecule has 0 aliphatic heterocycles. The first-order valence-electron chi connectivity index (χ1n) is 7.70. The van der Waals surface area contributed by atoms with Gasteiger partial charge in [-0.1, -0.05) is 13.3 Å². The van der Waals surface area contributed by atoms with Crippen LogP contribution in [0.2, 0.25) is 0 Å². The number of unbranched alkanes of at least 4 members (excludes halogenated alkanes) is 1. The lowest BCUT2D eigenvalue weighted by atomic mass is 10.2. The first-order chi connectivity index (χ1) is 11.6. The molecule has 0 unspecified atom stereocenters. The highest BCUT2D eigenvalue weighted by Crippen LogP contribution is 2.31. The van der Waals surface area contributed by atoms with E-state index in [2.05, 4.69) is 0 Å². The Kier molecular flexibility index (Phi) is 6.84. The Morgan fingerprint density at radius 3 is 2.44 bits per heavy atom. The maximum atomic E-state index is 13.6. The second kappa shape index (κ2) is 8.41. The summed E-state index contributed by atoms with van der Waals surface area (Å²) in [5.74, 6) is -0.851. The molecule has 0 saturated carbocycles. The Balaban J connectivity index is 3.31. The number of amides is 2. The minimum Gasteiger partial charge on any atom is -0.449 e. The largest absolute Gasteiger partial charge is 0.449 e. The minimum atomic E-state index is -1.19. The van der Waals surface area contributed by atoms with Crippen LogP contribution < -0.4 is 4.90 Å². The van der Waals surface area contributed by atoms with E-state index >= 15 is 0 Å². The van der Waals surface area contributed by atoms with Crippen molar-refractivity contribution in [2.75, 3.05) is 11.5 Å². The molecular weight excluding hydrogens is 335 g/mol. The summed E-state index contributed by atoms with van der Waals surface area (Å²) in [6, 6.07) is 2.43. The van der Waals surface area contributed by atoms with Gasteiger partial charge < -0.3 is 9.47 Å². The van der Waals surface area contributed by atoms with E-state index in [1.165, 1.54) is 0 Å². The van der Waals surface area contributed by atoms with E-state index in [1.807, 2.05) is 6.92 Å². The number of rotatable bonds is 5. The maximum Gasteiger partial charge on any atom is 0.424 e. The van der Waals surface area contributed by atoms with E-state index in [1.54, 1.807) is 20.8 Å². The van der Waals surface area contributed by atoms with Crippen molar-refractivity contribution in [2.45, 2.75) is 46.1 Å². The Labute approximate surface area is 144 Å². The zero-order chi connectivity index (χ0) is 19.2. The lowest BCUT2D eigenvalue weighted by Crippen LogP contribution is -2.41. The van der Waals surface area contributed by atoms with Crippen LogP contribution in [0.25, 0.3) is 0 Å². The molecule has 1 aromatic rings. The molecule has 0 fully saturated rings. The minimum absolute atomic E-state index is 0.0117. The first kappa shape index (κ1) is 20.3. The Morgan fingerprint density at radius 1 is 1.28 bits per heavy atom. The Bertz CT molecular complexity index is 657. The number of ether oxygens (including phenoxy) is 2. The van der Waals surface area contributed by atoms with Crippen molar-refractivity contribution in [3.63, 3.8) is 0 Å². The number of anilines is 1. The van der Waals surface area contributed by atoms with Crippen molar-refractivity contribution in [3.05, 3.63) is 34.1 Å². The predicted molar refractivity (Wildman–Crippen MR) is 88.0 cm³/mol. The first-order valence-corrected chi connectivity index (χ1v) is 7.70. The van der Waals surface area contributed by atoms with Crippen molar-refractivity contribution in [1.29, 1.82) is 0 Å². The number of carbonyl (C=O) groups is 2. The predicted octanol–water partition coefficient (Wildman–Crippen LogP) is 4.41. The topological polar surface area (TPSA) is 99.0 Å². The van der Waals surface area contributed by atoms with Gasteiger partial charge in [0.25, 0.3) is 5.69 Å². The molecule has 9 heteroatoms. The highest BCUT2D eigenvalue weighted by molar-refractivity contribution is 6.11. The van der Waals surface area contributed by atoms with Crippen molar-refractivity contribution in [1.82, 2.24) is 0 Å². The van der Waals surface area contributed by atoms with E-state index in [9.17, 15) is 24.1 Å². The number of nitrogens with zero attached hydrogens (tertiary/aromatic N) is 2. The van der Waals surface area contributed by atoms with Crippen molar-refractivity contribution in [2.24, 2.45) is 0 Å². The summed E-state index contributed by atoms with van der Waals surface area (Å²) in [5.41, 5.74) is -2.15. The molecule has 0 bridgehead atoms. The van der Waals surface area contributed by atoms with Crippen LogP contribution >= 0.6 is 0 Å². The second-order valence-electron chi connectivity index (χ2n) is 6.17. The summed E-state index contributed by atoms with van der Waals surface area (Å²) in [5, 5.41) is 11.2. The number of nitro benzene ring substituents is 1. The third-order valence-corrected chi connectivity index (χ3v) is 2.86. The zero-order valence-corrected chi connectivity index (χ0v) is 14.6. The quantitative estimate of drug-likeness (QED) is 0.440. The van der Waals surface area contributed by atoms with Gasteiger partial charge in [0.2, 0.25) is 0 Å². The maximum absolute atomic E-state index is 13.6. The number of halogens is 1. The highest BCUT2D eigenvalue weighted by Gasteiger charge is 2.35. The van der Waals surface area contributed by atoms with Gasteiger partial charge in [-0.3, -0.25) is 10.1 Å². The number of benzene rings is 1. The molecule has 0 aliphatic rings. The molecule has 0 aliphatic carbocycles. The lowest BCUT2D eigenvalue weighted by Gasteiger charge is -2.25. The molecule has 1 aromatic carbocycles. The van der Waals surface area contributed by atoms with Crippen molar-refractivity contribution < 1.29 is 28.4 Å². The van der Waals surface area contributed by atoms with Gasteiger partial charge in [-0.25, -0.2) is 14.0 Å². The van der Waals surface area contributed by atoms with Crippen LogP contribution in [0.5, 0.6) is 0 Å². The van der Waals surface area contributed by atoms with Crippen LogP contribution in [0.4, 0.5) is 25.4 Å². The van der Waals surface area contributed by atoms with Crippen LogP contribution in [-0.4, -0.2) is 29.3 Å². The molecule has 138 valence electrons. The van der Waals surface area contributed by atoms with Crippen LogP contribution in [0.3, 0.4) is 0 Å². The van der Waals surface area contributed by atoms with Gasteiger partial charge in [0.15, 0.2) is 0 Å². The summed E-state index contributed by atoms with van der Waals surface area (Å²) in [6.07, 6.45) is -1.09. The number of carbonyl (C=O) groups excluding carboxylic acids is 2. The van der Waals surface area contributed by atoms with Gasteiger partial charge in [-0.15, -0.1) is 0 Å². The summed E-state index contributed by atoms with van der Waals surface area (Å²) in [6.45, 7) is 6.57. The lowest BCUT2D eigenvalue weighted by molar-refractivity contribution is -0.384. The van der Waals surface area contributed by atoms with Gasteiger partial charge in [-0.05, 0) is 33.3 Å². The Morgan fingerprint density at radius 2 is 1.92 bits per heavy atom.